The molecule has 0 fully saturated rings. The number of aryl methyl sites for hydroxylation is 2. The fourth-order valence-electron chi connectivity index (χ4n) is 1.78. The van der Waals surface area contributed by atoms with Gasteiger partial charge in [-0.2, -0.15) is 0 Å². The van der Waals surface area contributed by atoms with Crippen LogP contribution < -0.4 is 10.6 Å². The Kier molecular flexibility index (Phi) is 6.81. The van der Waals surface area contributed by atoms with Crippen molar-refractivity contribution in [1.82, 2.24) is 10.6 Å². The number of nitrogens with one attached hydrogen (secondary N) is 2. The molecule has 1 rings (SSSR count). The highest BCUT2D eigenvalue weighted by Crippen LogP contribution is 2.16. The number of ether oxygens (including phenoxy) is 1. The predicted octanol–water partition coefficient (Wildman–Crippen LogP) is 2.87. The van der Waals surface area contributed by atoms with Crippen molar-refractivity contribution in [2.24, 2.45) is 0 Å². The molecule has 1 unspecified atom stereocenters. The molecular formula is C15H24N2OS. The summed E-state index contributed by atoms with van der Waals surface area (Å²) in [6.45, 7) is 7.96. The lowest BCUT2D eigenvalue weighted by Gasteiger charge is -2.18. The normalized spacial score (nSPS) is 12.0. The molecule has 4 heteroatoms. The number of hydrogen-bond acceptors (Lipinski definition) is 2. The Balaban J connectivity index is 2.43. The summed E-state index contributed by atoms with van der Waals surface area (Å²) in [5, 5.41) is 7.18. The summed E-state index contributed by atoms with van der Waals surface area (Å²) >= 11 is 5.28. The first-order valence-electron chi connectivity index (χ1n) is 6.65. The van der Waals surface area contributed by atoms with Crippen LogP contribution >= 0.6 is 12.2 Å². The van der Waals surface area contributed by atoms with Crippen LogP contribution in [0.25, 0.3) is 0 Å². The van der Waals surface area contributed by atoms with Crippen molar-refractivity contribution in [1.29, 1.82) is 0 Å². The largest absolute Gasteiger partial charge is 0.385 e. The van der Waals surface area contributed by atoms with E-state index in [0.29, 0.717) is 5.11 Å². The van der Waals surface area contributed by atoms with E-state index in [-0.39, 0.29) is 6.04 Å². The molecule has 0 radical (unpaired) electrons. The highest BCUT2D eigenvalue weighted by atomic mass is 32.1. The first-order chi connectivity index (χ1) is 9.04. The van der Waals surface area contributed by atoms with Crippen LogP contribution in [-0.2, 0) is 4.74 Å². The van der Waals surface area contributed by atoms with Gasteiger partial charge in [-0.3, -0.25) is 0 Å². The summed E-state index contributed by atoms with van der Waals surface area (Å²) in [4.78, 5) is 0. The van der Waals surface area contributed by atoms with Crippen molar-refractivity contribution in [2.75, 3.05) is 20.3 Å². The van der Waals surface area contributed by atoms with E-state index < -0.39 is 0 Å². The number of methoxy groups -OCH3 is 1. The molecule has 1 aromatic rings. The zero-order valence-corrected chi connectivity index (χ0v) is 13.1. The van der Waals surface area contributed by atoms with Crippen LogP contribution in [-0.4, -0.2) is 25.4 Å². The third-order valence-corrected chi connectivity index (χ3v) is 3.45. The van der Waals surface area contributed by atoms with Crippen molar-refractivity contribution in [3.63, 3.8) is 0 Å². The van der Waals surface area contributed by atoms with E-state index >= 15 is 0 Å². The lowest BCUT2D eigenvalue weighted by Crippen LogP contribution is -2.37. The Labute approximate surface area is 121 Å². The average Bonchev–Trinajstić information content (AvgIpc) is 2.38. The minimum atomic E-state index is 0.210. The van der Waals surface area contributed by atoms with E-state index in [0.717, 1.165) is 19.6 Å². The van der Waals surface area contributed by atoms with Gasteiger partial charge >= 0.3 is 0 Å². The minimum absolute atomic E-state index is 0.210. The van der Waals surface area contributed by atoms with Gasteiger partial charge in [0, 0.05) is 20.3 Å². The highest BCUT2D eigenvalue weighted by molar-refractivity contribution is 7.80. The minimum Gasteiger partial charge on any atom is -0.385 e. The van der Waals surface area contributed by atoms with Gasteiger partial charge in [-0.05, 0) is 56.1 Å². The maximum atomic E-state index is 5.28. The molecule has 0 aliphatic carbocycles. The van der Waals surface area contributed by atoms with Crippen LogP contribution in [0.15, 0.2) is 18.2 Å². The first kappa shape index (κ1) is 15.9. The fourth-order valence-corrected chi connectivity index (χ4v) is 2.06. The molecule has 1 aromatic carbocycles. The van der Waals surface area contributed by atoms with Crippen LogP contribution in [0, 0.1) is 13.8 Å². The molecular weight excluding hydrogens is 256 g/mol. The van der Waals surface area contributed by atoms with E-state index in [1.54, 1.807) is 7.11 Å². The van der Waals surface area contributed by atoms with Gasteiger partial charge in [0.15, 0.2) is 5.11 Å². The maximum absolute atomic E-state index is 5.28. The Morgan fingerprint density at radius 1 is 1.32 bits per heavy atom. The van der Waals surface area contributed by atoms with Gasteiger partial charge in [0.1, 0.15) is 0 Å². The molecule has 3 nitrogen and oxygen atoms in total. The number of hydrogen-bond donors (Lipinski definition) is 2. The van der Waals surface area contributed by atoms with E-state index in [1.807, 2.05) is 0 Å². The van der Waals surface area contributed by atoms with E-state index in [1.165, 1.54) is 16.7 Å². The highest BCUT2D eigenvalue weighted by Gasteiger charge is 2.07. The van der Waals surface area contributed by atoms with Crippen LogP contribution in [0.4, 0.5) is 0 Å². The zero-order valence-electron chi connectivity index (χ0n) is 12.2. The Hall–Kier alpha value is -1.13. The van der Waals surface area contributed by atoms with Crippen molar-refractivity contribution < 1.29 is 4.74 Å². The van der Waals surface area contributed by atoms with E-state index in [2.05, 4.69) is 49.6 Å². The summed E-state index contributed by atoms with van der Waals surface area (Å²) in [7, 11) is 1.71. The van der Waals surface area contributed by atoms with Gasteiger partial charge in [0.25, 0.3) is 0 Å². The van der Waals surface area contributed by atoms with E-state index in [9.17, 15) is 0 Å². The molecule has 1 atom stereocenters. The second kappa shape index (κ2) is 8.12. The van der Waals surface area contributed by atoms with Crippen molar-refractivity contribution >= 4 is 17.3 Å². The molecule has 0 aromatic heterocycles. The molecule has 0 aliphatic rings. The topological polar surface area (TPSA) is 33.3 Å². The Morgan fingerprint density at radius 3 is 2.68 bits per heavy atom. The van der Waals surface area contributed by atoms with Gasteiger partial charge in [-0.15, -0.1) is 0 Å². The molecule has 0 heterocycles. The third-order valence-electron chi connectivity index (χ3n) is 3.19. The van der Waals surface area contributed by atoms with Gasteiger partial charge < -0.3 is 15.4 Å². The second-order valence-electron chi connectivity index (χ2n) is 4.81. The molecule has 2 N–H and O–H groups in total. The van der Waals surface area contributed by atoms with E-state index in [4.69, 9.17) is 17.0 Å². The number of benzene rings is 1. The molecule has 0 aliphatic heterocycles. The van der Waals surface area contributed by atoms with Crippen LogP contribution in [0.3, 0.4) is 0 Å². The van der Waals surface area contributed by atoms with Crippen molar-refractivity contribution in [3.8, 4) is 0 Å². The van der Waals surface area contributed by atoms with Gasteiger partial charge in [0.2, 0.25) is 0 Å². The number of rotatable bonds is 6. The monoisotopic (exact) mass is 280 g/mol. The quantitative estimate of drug-likeness (QED) is 0.620. The van der Waals surface area contributed by atoms with Crippen molar-refractivity contribution in [2.45, 2.75) is 33.2 Å². The molecule has 19 heavy (non-hydrogen) atoms. The summed E-state index contributed by atoms with van der Waals surface area (Å²) in [6.07, 6.45) is 0.955. The van der Waals surface area contributed by atoms with Gasteiger partial charge in [-0.1, -0.05) is 18.2 Å². The Morgan fingerprint density at radius 2 is 2.05 bits per heavy atom. The van der Waals surface area contributed by atoms with Crippen LogP contribution in [0.5, 0.6) is 0 Å². The van der Waals surface area contributed by atoms with Gasteiger partial charge in [-0.25, -0.2) is 0 Å². The summed E-state index contributed by atoms with van der Waals surface area (Å²) < 4.78 is 4.99. The summed E-state index contributed by atoms with van der Waals surface area (Å²) in [5.74, 6) is 0. The van der Waals surface area contributed by atoms with Crippen LogP contribution in [0.1, 0.15) is 36.1 Å². The molecule has 106 valence electrons. The molecule has 0 saturated carbocycles. The third kappa shape index (κ3) is 5.57. The fraction of sp³-hybridized carbons (Fsp3) is 0.533. The van der Waals surface area contributed by atoms with Crippen molar-refractivity contribution in [3.05, 3.63) is 34.9 Å². The SMILES string of the molecule is COCCCNC(=S)NC(C)c1ccc(C)c(C)c1. The average molecular weight is 280 g/mol. The summed E-state index contributed by atoms with van der Waals surface area (Å²) in [6, 6.07) is 6.72. The zero-order chi connectivity index (χ0) is 14.3. The smallest absolute Gasteiger partial charge is 0.166 e. The molecule has 0 saturated heterocycles. The Bertz CT molecular complexity index is 421. The standard InChI is InChI=1S/C15H24N2OS/c1-11-6-7-14(10-12(11)2)13(3)17-15(19)16-8-5-9-18-4/h6-7,10,13H,5,8-9H2,1-4H3,(H2,16,17,19). The predicted molar refractivity (Wildman–Crippen MR) is 84.6 cm³/mol. The number of thiocarbonyl (C=S) groups is 1. The van der Waals surface area contributed by atoms with Gasteiger partial charge in [0.05, 0.1) is 6.04 Å². The maximum Gasteiger partial charge on any atom is 0.166 e. The second-order valence-corrected chi connectivity index (χ2v) is 5.22. The lowest BCUT2D eigenvalue weighted by molar-refractivity contribution is 0.195. The summed E-state index contributed by atoms with van der Waals surface area (Å²) in [5.41, 5.74) is 3.88. The first-order valence-corrected chi connectivity index (χ1v) is 7.06. The molecule has 0 spiro atoms. The molecule has 0 amide bonds. The molecule has 0 bridgehead atoms. The van der Waals surface area contributed by atoms with Crippen LogP contribution in [0.2, 0.25) is 0 Å². The lowest BCUT2D eigenvalue weighted by atomic mass is 10.0.